The number of hydrogen-bond donors (Lipinski definition) is 3. The molecule has 0 aliphatic carbocycles. The van der Waals surface area contributed by atoms with Gasteiger partial charge in [-0.1, -0.05) is 30.3 Å². The Hall–Kier alpha value is -3.91. The lowest BCUT2D eigenvalue weighted by Crippen LogP contribution is -2.21. The topological polar surface area (TPSA) is 111 Å². The Morgan fingerprint density at radius 3 is 2.66 bits per heavy atom. The summed E-state index contributed by atoms with van der Waals surface area (Å²) >= 11 is 0. The molecule has 0 radical (unpaired) electrons. The number of rotatable bonds is 7. The highest BCUT2D eigenvalue weighted by Crippen LogP contribution is 2.34. The van der Waals surface area contributed by atoms with Crippen LogP contribution in [0.15, 0.2) is 65.7 Å². The number of nitrogens with zero attached hydrogens (tertiary/aromatic N) is 2. The van der Waals surface area contributed by atoms with E-state index in [1.54, 1.807) is 13.0 Å². The average molecular weight is 431 g/mol. The molecule has 0 spiro atoms. The van der Waals surface area contributed by atoms with E-state index in [0.717, 1.165) is 28.3 Å². The van der Waals surface area contributed by atoms with Crippen LogP contribution >= 0.6 is 0 Å². The Morgan fingerprint density at radius 2 is 1.94 bits per heavy atom. The molecule has 2 heterocycles. The van der Waals surface area contributed by atoms with Crippen molar-refractivity contribution in [3.63, 3.8) is 0 Å². The predicted molar refractivity (Wildman–Crippen MR) is 125 cm³/mol. The summed E-state index contributed by atoms with van der Waals surface area (Å²) < 4.78 is 10.8. The van der Waals surface area contributed by atoms with Crippen molar-refractivity contribution in [3.05, 3.63) is 77.5 Å². The minimum Gasteiger partial charge on any atom is -0.489 e. The molecule has 1 aliphatic rings. The zero-order valence-electron chi connectivity index (χ0n) is 17.8. The van der Waals surface area contributed by atoms with E-state index in [1.165, 1.54) is 0 Å². The van der Waals surface area contributed by atoms with Gasteiger partial charge in [0.15, 0.2) is 0 Å². The van der Waals surface area contributed by atoms with Crippen LogP contribution in [0.3, 0.4) is 0 Å². The van der Waals surface area contributed by atoms with Crippen molar-refractivity contribution in [2.75, 3.05) is 23.8 Å². The van der Waals surface area contributed by atoms with E-state index in [2.05, 4.69) is 15.6 Å². The third-order valence-corrected chi connectivity index (χ3v) is 4.89. The number of aliphatic imine (C=N–C) groups is 1. The fourth-order valence-corrected chi connectivity index (χ4v) is 3.33. The van der Waals surface area contributed by atoms with Crippen LogP contribution in [0.5, 0.6) is 5.75 Å². The zero-order valence-corrected chi connectivity index (χ0v) is 17.8. The van der Waals surface area contributed by atoms with E-state index in [4.69, 9.17) is 20.2 Å². The molecule has 1 aliphatic heterocycles. The number of carbonyl (C=O) groups excluding carboxylic acids is 1. The molecule has 0 saturated carbocycles. The number of anilines is 2. The van der Waals surface area contributed by atoms with Gasteiger partial charge in [-0.05, 0) is 42.3 Å². The van der Waals surface area contributed by atoms with Gasteiger partial charge in [0.1, 0.15) is 23.9 Å². The highest BCUT2D eigenvalue weighted by molar-refractivity contribution is 6.07. The number of nitrogens with one attached hydrogen (secondary N) is 2. The molecule has 164 valence electrons. The van der Waals surface area contributed by atoms with Crippen LogP contribution in [0.4, 0.5) is 22.0 Å². The summed E-state index contributed by atoms with van der Waals surface area (Å²) in [7, 11) is 0. The van der Waals surface area contributed by atoms with Crippen molar-refractivity contribution >= 4 is 29.0 Å². The van der Waals surface area contributed by atoms with Crippen LogP contribution in [0.25, 0.3) is 0 Å². The molecule has 4 rings (SSSR count). The number of aromatic nitrogens is 1. The number of hydrogen-bond acceptors (Lipinski definition) is 7. The second-order valence-electron chi connectivity index (χ2n) is 7.11. The minimum absolute atomic E-state index is 0.186. The largest absolute Gasteiger partial charge is 0.489 e. The number of ether oxygens (including phenoxy) is 2. The minimum atomic E-state index is -0.558. The first kappa shape index (κ1) is 21.3. The number of amides is 1. The van der Waals surface area contributed by atoms with Gasteiger partial charge in [0.25, 0.3) is 0 Å². The van der Waals surface area contributed by atoms with Crippen molar-refractivity contribution in [1.82, 2.24) is 4.98 Å². The lowest BCUT2D eigenvalue weighted by Gasteiger charge is -2.21. The number of nitrogens with two attached hydrogens (primary N) is 1. The molecule has 0 unspecified atom stereocenters. The predicted octanol–water partition coefficient (Wildman–Crippen LogP) is 4.23. The maximum Gasteiger partial charge on any atom is 0.412 e. The second-order valence-corrected chi connectivity index (χ2v) is 7.11. The standard InChI is InChI=1S/C24H25N5O3/c1-2-31-24(30)29-22-12-19-23(20(13-25)27-22)28-21(14-26-19)17-8-10-18(11-9-17)32-15-16-6-4-3-5-7-16/h3-12,26H,2,13-15,25H2,1H3,(H,27,29,30). The highest BCUT2D eigenvalue weighted by Gasteiger charge is 2.19. The van der Waals surface area contributed by atoms with Crippen molar-refractivity contribution < 1.29 is 14.3 Å². The molecule has 0 saturated heterocycles. The van der Waals surface area contributed by atoms with Crippen molar-refractivity contribution in [3.8, 4) is 5.75 Å². The maximum atomic E-state index is 11.7. The molecular weight excluding hydrogens is 406 g/mol. The van der Waals surface area contributed by atoms with Gasteiger partial charge in [-0.3, -0.25) is 5.32 Å². The van der Waals surface area contributed by atoms with Gasteiger partial charge in [0.2, 0.25) is 0 Å². The van der Waals surface area contributed by atoms with E-state index in [9.17, 15) is 4.79 Å². The van der Waals surface area contributed by atoms with Crippen LogP contribution in [0, 0.1) is 0 Å². The van der Waals surface area contributed by atoms with Crippen molar-refractivity contribution in [2.24, 2.45) is 10.7 Å². The van der Waals surface area contributed by atoms with Gasteiger partial charge in [-0.2, -0.15) is 0 Å². The molecule has 0 fully saturated rings. The molecular formula is C24H25N5O3. The first-order valence-electron chi connectivity index (χ1n) is 10.4. The van der Waals surface area contributed by atoms with E-state index in [-0.39, 0.29) is 13.2 Å². The molecule has 32 heavy (non-hydrogen) atoms. The lowest BCUT2D eigenvalue weighted by atomic mass is 10.1. The average Bonchev–Trinajstić information content (AvgIpc) is 2.83. The summed E-state index contributed by atoms with van der Waals surface area (Å²) in [6, 6.07) is 19.6. The van der Waals surface area contributed by atoms with Crippen molar-refractivity contribution in [2.45, 2.75) is 20.1 Å². The molecule has 8 nitrogen and oxygen atoms in total. The fourth-order valence-electron chi connectivity index (χ4n) is 3.33. The molecule has 1 amide bonds. The normalized spacial score (nSPS) is 12.2. The maximum absolute atomic E-state index is 11.7. The highest BCUT2D eigenvalue weighted by atomic mass is 16.5. The molecule has 4 N–H and O–H groups in total. The number of fused-ring (bicyclic) bond motifs is 1. The van der Waals surface area contributed by atoms with Crippen molar-refractivity contribution in [1.29, 1.82) is 0 Å². The van der Waals surface area contributed by atoms with Gasteiger partial charge in [0, 0.05) is 12.6 Å². The van der Waals surface area contributed by atoms with Gasteiger partial charge in [0.05, 0.1) is 30.2 Å². The lowest BCUT2D eigenvalue weighted by molar-refractivity contribution is 0.168. The van der Waals surface area contributed by atoms with E-state index in [1.807, 2.05) is 54.6 Å². The summed E-state index contributed by atoms with van der Waals surface area (Å²) in [4.78, 5) is 20.9. The third-order valence-electron chi connectivity index (χ3n) is 4.89. The van der Waals surface area contributed by atoms with Crippen LogP contribution in [0.2, 0.25) is 0 Å². The zero-order chi connectivity index (χ0) is 22.3. The second kappa shape index (κ2) is 9.93. The quantitative estimate of drug-likeness (QED) is 0.516. The number of pyridine rings is 1. The van der Waals surface area contributed by atoms with Gasteiger partial charge in [-0.15, -0.1) is 0 Å². The van der Waals surface area contributed by atoms with Gasteiger partial charge >= 0.3 is 6.09 Å². The molecule has 1 aromatic heterocycles. The van der Waals surface area contributed by atoms with E-state index in [0.29, 0.717) is 30.4 Å². The van der Waals surface area contributed by atoms with Crippen LogP contribution < -0.4 is 21.1 Å². The third kappa shape index (κ3) is 5.04. The van der Waals surface area contributed by atoms with Crippen LogP contribution in [-0.4, -0.2) is 29.9 Å². The first-order valence-corrected chi connectivity index (χ1v) is 10.4. The molecule has 3 aromatic rings. The number of benzene rings is 2. The van der Waals surface area contributed by atoms with Gasteiger partial charge < -0.3 is 20.5 Å². The Morgan fingerprint density at radius 1 is 1.16 bits per heavy atom. The molecule has 0 atom stereocenters. The van der Waals surface area contributed by atoms with E-state index < -0.39 is 6.09 Å². The Bertz CT molecular complexity index is 1110. The summed E-state index contributed by atoms with van der Waals surface area (Å²) in [5.74, 6) is 1.16. The fraction of sp³-hybridized carbons (Fsp3) is 0.208. The molecule has 0 bridgehead atoms. The SMILES string of the molecule is CCOC(=O)Nc1cc2c(c(CN)n1)N=C(c1ccc(OCc3ccccc3)cc1)CN2. The number of carbonyl (C=O) groups is 1. The molecule has 2 aromatic carbocycles. The van der Waals surface area contributed by atoms with Crippen LogP contribution in [0.1, 0.15) is 23.7 Å². The summed E-state index contributed by atoms with van der Waals surface area (Å²) in [6.45, 7) is 3.26. The Kier molecular flexibility index (Phi) is 6.62. The smallest absolute Gasteiger partial charge is 0.412 e. The summed E-state index contributed by atoms with van der Waals surface area (Å²) in [6.07, 6.45) is -0.558. The Labute approximate surface area is 186 Å². The Balaban J connectivity index is 1.50. The van der Waals surface area contributed by atoms with Gasteiger partial charge in [-0.25, -0.2) is 14.8 Å². The summed E-state index contributed by atoms with van der Waals surface area (Å²) in [5.41, 5.74) is 10.9. The summed E-state index contributed by atoms with van der Waals surface area (Å²) in [5, 5.41) is 5.95. The monoisotopic (exact) mass is 431 g/mol. The van der Waals surface area contributed by atoms with Crippen LogP contribution in [-0.2, 0) is 17.9 Å². The first-order chi connectivity index (χ1) is 15.7. The molecule has 8 heteroatoms. The van der Waals surface area contributed by atoms with E-state index >= 15 is 0 Å².